The summed E-state index contributed by atoms with van der Waals surface area (Å²) in [7, 11) is 0. The Morgan fingerprint density at radius 3 is 1.30 bits per heavy atom. The van der Waals surface area contributed by atoms with Gasteiger partial charge in [-0.3, -0.25) is 0 Å². The van der Waals surface area contributed by atoms with Gasteiger partial charge in [0.2, 0.25) is 6.29 Å². The summed E-state index contributed by atoms with van der Waals surface area (Å²) in [4.78, 5) is 28.8. The van der Waals surface area contributed by atoms with Crippen LogP contribution in [-0.2, 0) is 9.47 Å². The molecule has 0 radical (unpaired) electrons. The van der Waals surface area contributed by atoms with Crippen molar-refractivity contribution in [2.75, 3.05) is 10.0 Å². The molecule has 2 N–H and O–H groups in total. The van der Waals surface area contributed by atoms with E-state index in [9.17, 15) is 9.59 Å². The molecule has 0 unspecified atom stereocenters. The first kappa shape index (κ1) is 47.4. The molecule has 0 saturated carbocycles. The SMILES string of the molecule is CCCCCCCCCC(OC(=O)c1ccc2c(c1)-c1ccccc1/C2=N\N(c1ccccc1)c1ccc2n[nH]nc2c1)OC(=O)c1ccc2c(c1)-c1ccccc1/C2=N\N(c1ccccc1)c1ccc2n[nH]nc2c1. The van der Waals surface area contributed by atoms with Crippen molar-refractivity contribution in [2.45, 2.75) is 64.6 Å². The number of carbonyl (C=O) groups is 2. The first-order valence-corrected chi connectivity index (χ1v) is 25.9. The average Bonchev–Trinajstić information content (AvgIpc) is 4.28. The number of hydrogen-bond acceptors (Lipinski definition) is 12. The number of anilines is 4. The number of benzene rings is 8. The van der Waals surface area contributed by atoms with Crippen molar-refractivity contribution in [1.82, 2.24) is 30.8 Å². The summed E-state index contributed by atoms with van der Waals surface area (Å²) in [6, 6.07) is 58.7. The van der Waals surface area contributed by atoms with Crippen molar-refractivity contribution >= 4 is 68.2 Å². The fourth-order valence-corrected chi connectivity index (χ4v) is 10.1. The molecule has 2 aromatic heterocycles. The molecule has 8 aromatic carbocycles. The largest absolute Gasteiger partial charge is 0.422 e. The van der Waals surface area contributed by atoms with E-state index in [1.165, 1.54) is 19.3 Å². The molecule has 0 atom stereocenters. The Morgan fingerprint density at radius 1 is 0.421 bits per heavy atom. The van der Waals surface area contributed by atoms with E-state index in [1.54, 1.807) is 12.1 Å². The molecular formula is C62H52N10O4. The number of esters is 2. The number of H-pyrrole nitrogens is 2. The summed E-state index contributed by atoms with van der Waals surface area (Å²) in [6.07, 6.45) is 6.58. The number of para-hydroxylation sites is 2. The molecule has 10 aromatic rings. The van der Waals surface area contributed by atoms with Crippen LogP contribution in [0.25, 0.3) is 44.3 Å². The maximum Gasteiger partial charge on any atom is 0.341 e. The second kappa shape index (κ2) is 21.1. The Kier molecular flexibility index (Phi) is 13.2. The number of nitrogens with one attached hydrogen (secondary N) is 2. The van der Waals surface area contributed by atoms with Gasteiger partial charge in [-0.1, -0.05) is 143 Å². The third kappa shape index (κ3) is 9.48. The quantitative estimate of drug-likeness (QED) is 0.0365. The maximum atomic E-state index is 14.4. The van der Waals surface area contributed by atoms with Gasteiger partial charge in [0, 0.05) is 28.7 Å². The van der Waals surface area contributed by atoms with Crippen molar-refractivity contribution in [3.05, 3.63) is 215 Å². The highest BCUT2D eigenvalue weighted by atomic mass is 16.7. The molecular weight excluding hydrogens is 949 g/mol. The highest BCUT2D eigenvalue weighted by Gasteiger charge is 2.31. The Balaban J connectivity index is 0.832. The molecule has 2 aliphatic carbocycles. The van der Waals surface area contributed by atoms with E-state index < -0.39 is 18.2 Å². The molecule has 0 fully saturated rings. The summed E-state index contributed by atoms with van der Waals surface area (Å²) in [5.41, 5.74) is 15.5. The lowest BCUT2D eigenvalue weighted by atomic mass is 10.0. The van der Waals surface area contributed by atoms with Gasteiger partial charge in [0.25, 0.3) is 0 Å². The van der Waals surface area contributed by atoms with Gasteiger partial charge in [-0.05, 0) is 114 Å². The molecule has 14 nitrogen and oxygen atoms in total. The number of aromatic amines is 2. The monoisotopic (exact) mass is 1000 g/mol. The smallest absolute Gasteiger partial charge is 0.341 e. The zero-order valence-corrected chi connectivity index (χ0v) is 41.8. The summed E-state index contributed by atoms with van der Waals surface area (Å²) >= 11 is 0. The third-order valence-corrected chi connectivity index (χ3v) is 14.0. The molecule has 0 aliphatic heterocycles. The van der Waals surface area contributed by atoms with Gasteiger partial charge in [0.1, 0.15) is 22.1 Å². The van der Waals surface area contributed by atoms with Crippen LogP contribution in [0.15, 0.2) is 192 Å². The second-order valence-electron chi connectivity index (χ2n) is 18.9. The Bertz CT molecular complexity index is 3590. The van der Waals surface area contributed by atoms with Gasteiger partial charge in [-0.15, -0.1) is 0 Å². The summed E-state index contributed by atoms with van der Waals surface area (Å²) < 4.78 is 12.4. The third-order valence-electron chi connectivity index (χ3n) is 14.0. The highest BCUT2D eigenvalue weighted by molar-refractivity contribution is 6.26. The van der Waals surface area contributed by atoms with Crippen molar-refractivity contribution in [2.24, 2.45) is 10.2 Å². The lowest BCUT2D eigenvalue weighted by Crippen LogP contribution is -2.25. The molecule has 0 amide bonds. The first-order valence-electron chi connectivity index (χ1n) is 25.9. The van der Waals surface area contributed by atoms with Crippen LogP contribution in [0.1, 0.15) is 101 Å². The van der Waals surface area contributed by atoms with Crippen molar-refractivity contribution < 1.29 is 19.1 Å². The van der Waals surface area contributed by atoms with Crippen LogP contribution in [0.2, 0.25) is 0 Å². The average molecular weight is 1000 g/mol. The molecule has 76 heavy (non-hydrogen) atoms. The van der Waals surface area contributed by atoms with Gasteiger partial charge >= 0.3 is 11.9 Å². The van der Waals surface area contributed by atoms with Crippen LogP contribution in [0.4, 0.5) is 22.7 Å². The second-order valence-corrected chi connectivity index (χ2v) is 18.9. The summed E-state index contributed by atoms with van der Waals surface area (Å²) in [6.45, 7) is 2.20. The van der Waals surface area contributed by atoms with Gasteiger partial charge in [-0.25, -0.2) is 19.6 Å². The standard InChI is InChI=1S/C62H52N10O4/c1-2-3-4-5-6-7-14-27-58(75-61(73)40-28-32-50-52(36-40)46-23-15-17-25-48(46)59(50)67-71(42-19-10-8-11-20-42)44-30-34-54-56(38-44)65-69-63-54)76-62(74)41-29-33-51-53(37-41)47-24-16-18-26-49(47)60(51)68-72(43-21-12-9-13-22-43)45-31-35-55-57(39-45)66-70-64-55/h8-13,15-26,28-39,58H,2-7,14,27H2,1H3,(H,63,65,69)(H,64,66,70)/b67-59+,68-60+. The predicted molar refractivity (Wildman–Crippen MR) is 297 cm³/mol. The number of ether oxygens (including phenoxy) is 2. The number of rotatable bonds is 18. The number of carbonyl (C=O) groups excluding carboxylic acids is 2. The molecule has 0 bridgehead atoms. The normalized spacial score (nSPS) is 13.2. The van der Waals surface area contributed by atoms with Gasteiger partial charge in [-0.2, -0.15) is 41.0 Å². The fraction of sp³-hybridized carbons (Fsp3) is 0.161. The fourth-order valence-electron chi connectivity index (χ4n) is 10.1. The van der Waals surface area contributed by atoms with Gasteiger partial charge in [0.15, 0.2) is 0 Å². The van der Waals surface area contributed by atoms with E-state index in [4.69, 9.17) is 19.7 Å². The van der Waals surface area contributed by atoms with Crippen LogP contribution in [0.5, 0.6) is 0 Å². The zero-order chi connectivity index (χ0) is 51.4. The summed E-state index contributed by atoms with van der Waals surface area (Å²) in [5.74, 6) is -1.18. The van der Waals surface area contributed by atoms with Crippen LogP contribution in [0, 0.1) is 0 Å². The Morgan fingerprint density at radius 2 is 0.829 bits per heavy atom. The van der Waals surface area contributed by atoms with E-state index in [2.05, 4.69) is 37.7 Å². The van der Waals surface area contributed by atoms with E-state index in [-0.39, 0.29) is 0 Å². The number of hydrogen-bond donors (Lipinski definition) is 2. The minimum atomic E-state index is -1.13. The Labute approximate surface area is 438 Å². The Hall–Kier alpha value is -9.56. The van der Waals surface area contributed by atoms with E-state index in [1.807, 2.05) is 180 Å². The van der Waals surface area contributed by atoms with Gasteiger partial charge < -0.3 is 9.47 Å². The first-order chi connectivity index (χ1) is 37.5. The van der Waals surface area contributed by atoms with E-state index in [0.717, 1.165) is 115 Å². The maximum absolute atomic E-state index is 14.4. The van der Waals surface area contributed by atoms with Crippen LogP contribution in [0.3, 0.4) is 0 Å². The van der Waals surface area contributed by atoms with Crippen molar-refractivity contribution in [1.29, 1.82) is 0 Å². The van der Waals surface area contributed by atoms with E-state index in [0.29, 0.717) is 28.6 Å². The lowest BCUT2D eigenvalue weighted by molar-refractivity contribution is -0.0838. The molecule has 0 spiro atoms. The number of hydrazone groups is 2. The number of nitrogens with zero attached hydrogens (tertiary/aromatic N) is 8. The molecule has 2 heterocycles. The zero-order valence-electron chi connectivity index (χ0n) is 41.8. The number of unbranched alkanes of at least 4 members (excludes halogenated alkanes) is 6. The molecule has 12 rings (SSSR count). The van der Waals surface area contributed by atoms with Crippen LogP contribution in [-0.4, -0.2) is 60.5 Å². The van der Waals surface area contributed by atoms with Crippen molar-refractivity contribution in [3.63, 3.8) is 0 Å². The number of fused-ring (bicyclic) bond motifs is 8. The molecule has 0 saturated heterocycles. The van der Waals surface area contributed by atoms with Gasteiger partial charge in [0.05, 0.1) is 45.3 Å². The molecule has 2 aliphatic rings. The molecule has 14 heteroatoms. The van der Waals surface area contributed by atoms with E-state index >= 15 is 0 Å². The predicted octanol–water partition coefficient (Wildman–Crippen LogP) is 13.9. The van der Waals surface area contributed by atoms with Crippen LogP contribution >= 0.6 is 0 Å². The number of aromatic nitrogens is 6. The highest BCUT2D eigenvalue weighted by Crippen LogP contribution is 2.41. The minimum absolute atomic E-state index is 0.332. The topological polar surface area (TPSA) is 167 Å². The minimum Gasteiger partial charge on any atom is -0.422 e. The van der Waals surface area contributed by atoms with Crippen LogP contribution < -0.4 is 10.0 Å². The summed E-state index contributed by atoms with van der Waals surface area (Å²) in [5, 5.41) is 37.0. The molecule has 374 valence electrons. The lowest BCUT2D eigenvalue weighted by Gasteiger charge is -2.21. The van der Waals surface area contributed by atoms with Crippen molar-refractivity contribution in [3.8, 4) is 22.3 Å².